The Balaban J connectivity index is 1.66. The first kappa shape index (κ1) is 24.5. The van der Waals surface area contributed by atoms with Crippen LogP contribution in [0, 0.1) is 18.8 Å². The van der Waals surface area contributed by atoms with E-state index in [1.165, 1.54) is 0 Å². The molecule has 1 aromatic heterocycles. The van der Waals surface area contributed by atoms with Crippen molar-refractivity contribution in [2.24, 2.45) is 11.8 Å². The minimum absolute atomic E-state index is 0.0207. The van der Waals surface area contributed by atoms with Gasteiger partial charge < -0.3 is 14.4 Å². The van der Waals surface area contributed by atoms with Crippen molar-refractivity contribution in [3.05, 3.63) is 23.8 Å². The maximum atomic E-state index is 13.4. The van der Waals surface area contributed by atoms with E-state index in [-0.39, 0.29) is 41.5 Å². The van der Waals surface area contributed by atoms with Gasteiger partial charge in [-0.1, -0.05) is 19.1 Å². The van der Waals surface area contributed by atoms with Crippen LogP contribution in [0.4, 0.5) is 5.95 Å². The number of fused-ring (bicyclic) bond motifs is 1. The number of rotatable bonds is 4. The minimum atomic E-state index is -0.326. The molecular weight excluding hydrogens is 454 g/mol. The standard InChI is InChI=1S/C25H34ClN5O3/c1-16-11-19(14-30(13-16)22(33)12-26)24(34)28-25-27-21-9-6-7-17(2)23(21)31(25)20-8-4-5-10-29(15-20)18(3)32/h6-7,9,16,19-20H,4-5,8,10-15H2,1-3H3,(H,27,28,34)/t16?,19?,20-/m1/s1. The van der Waals surface area contributed by atoms with Crippen molar-refractivity contribution >= 4 is 46.3 Å². The largest absolute Gasteiger partial charge is 0.341 e. The van der Waals surface area contributed by atoms with Crippen LogP contribution in [0.2, 0.25) is 0 Å². The number of likely N-dealkylation sites (tertiary alicyclic amines) is 2. The molecule has 0 spiro atoms. The Morgan fingerprint density at radius 2 is 1.94 bits per heavy atom. The number of aromatic nitrogens is 2. The smallest absolute Gasteiger partial charge is 0.237 e. The number of nitrogens with one attached hydrogen (secondary N) is 1. The third-order valence-corrected chi connectivity index (χ3v) is 7.33. The summed E-state index contributed by atoms with van der Waals surface area (Å²) in [4.78, 5) is 46.2. The van der Waals surface area contributed by atoms with Crippen molar-refractivity contribution in [2.45, 2.75) is 52.5 Å². The molecule has 0 radical (unpaired) electrons. The Bertz CT molecular complexity index is 1080. The van der Waals surface area contributed by atoms with E-state index in [0.29, 0.717) is 32.0 Å². The summed E-state index contributed by atoms with van der Waals surface area (Å²) in [5.74, 6) is 0.112. The quantitative estimate of drug-likeness (QED) is 0.668. The number of hydrogen-bond acceptors (Lipinski definition) is 4. The second kappa shape index (κ2) is 10.3. The van der Waals surface area contributed by atoms with Crippen LogP contribution in [-0.2, 0) is 14.4 Å². The van der Waals surface area contributed by atoms with Gasteiger partial charge >= 0.3 is 0 Å². The molecule has 1 aromatic carbocycles. The molecule has 0 bridgehead atoms. The van der Waals surface area contributed by atoms with E-state index < -0.39 is 0 Å². The summed E-state index contributed by atoms with van der Waals surface area (Å²) in [6.45, 7) is 8.04. The molecule has 2 fully saturated rings. The molecule has 8 nitrogen and oxygen atoms in total. The highest BCUT2D eigenvalue weighted by atomic mass is 35.5. The van der Waals surface area contributed by atoms with Crippen molar-refractivity contribution < 1.29 is 14.4 Å². The van der Waals surface area contributed by atoms with E-state index in [9.17, 15) is 14.4 Å². The number of anilines is 1. The summed E-state index contributed by atoms with van der Waals surface area (Å²) in [6.07, 6.45) is 3.58. The number of imidazole rings is 1. The number of nitrogens with zero attached hydrogens (tertiary/aromatic N) is 4. The molecule has 2 aromatic rings. The first-order chi connectivity index (χ1) is 16.3. The summed E-state index contributed by atoms with van der Waals surface area (Å²) in [5, 5.41) is 3.10. The maximum absolute atomic E-state index is 13.4. The van der Waals surface area contributed by atoms with E-state index in [1.54, 1.807) is 11.8 Å². The van der Waals surface area contributed by atoms with E-state index in [4.69, 9.17) is 16.6 Å². The van der Waals surface area contributed by atoms with Gasteiger partial charge in [-0.3, -0.25) is 19.7 Å². The van der Waals surface area contributed by atoms with E-state index >= 15 is 0 Å². The topological polar surface area (TPSA) is 87.5 Å². The number of amides is 3. The van der Waals surface area contributed by atoms with Crippen molar-refractivity contribution in [3.63, 3.8) is 0 Å². The fraction of sp³-hybridized carbons (Fsp3) is 0.600. The highest BCUT2D eigenvalue weighted by Gasteiger charge is 2.33. The first-order valence-corrected chi connectivity index (χ1v) is 12.7. The molecular formula is C25H34ClN5O3. The highest BCUT2D eigenvalue weighted by Crippen LogP contribution is 2.32. The van der Waals surface area contributed by atoms with Crippen LogP contribution >= 0.6 is 11.6 Å². The van der Waals surface area contributed by atoms with Gasteiger partial charge in [0.2, 0.25) is 23.7 Å². The number of halogens is 1. The predicted octanol–water partition coefficient (Wildman–Crippen LogP) is 3.58. The van der Waals surface area contributed by atoms with E-state index in [1.807, 2.05) is 30.0 Å². The number of alkyl halides is 1. The van der Waals surface area contributed by atoms with E-state index in [0.717, 1.165) is 42.4 Å². The molecule has 184 valence electrons. The molecule has 1 N–H and O–H groups in total. The summed E-state index contributed by atoms with van der Waals surface area (Å²) in [5.41, 5.74) is 2.89. The van der Waals surface area contributed by atoms with Crippen molar-refractivity contribution in [3.8, 4) is 0 Å². The van der Waals surface area contributed by atoms with Gasteiger partial charge in [-0.25, -0.2) is 4.98 Å². The van der Waals surface area contributed by atoms with Crippen LogP contribution in [0.1, 0.15) is 51.1 Å². The van der Waals surface area contributed by atoms with Crippen LogP contribution < -0.4 is 5.32 Å². The SMILES string of the molecule is CC(=O)N1CCCC[C@@H](n2c(NC(=O)C3CC(C)CN(C(=O)CCl)C3)nc3cccc(C)c32)C1. The van der Waals surface area contributed by atoms with Crippen LogP contribution in [0.5, 0.6) is 0 Å². The van der Waals surface area contributed by atoms with Crippen molar-refractivity contribution in [2.75, 3.05) is 37.4 Å². The monoisotopic (exact) mass is 487 g/mol. The zero-order valence-corrected chi connectivity index (χ0v) is 21.0. The Labute approximate surface area is 205 Å². The number of carbonyl (C=O) groups is 3. The Morgan fingerprint density at radius 1 is 1.15 bits per heavy atom. The molecule has 0 saturated carbocycles. The average molecular weight is 488 g/mol. The van der Waals surface area contributed by atoms with Crippen molar-refractivity contribution in [1.29, 1.82) is 0 Å². The number of aryl methyl sites for hydroxylation is 1. The molecule has 4 rings (SSSR count). The Hall–Kier alpha value is -2.61. The molecule has 34 heavy (non-hydrogen) atoms. The summed E-state index contributed by atoms with van der Waals surface area (Å²) < 4.78 is 2.12. The molecule has 3 amide bonds. The fourth-order valence-corrected chi connectivity index (χ4v) is 5.59. The van der Waals surface area contributed by atoms with Gasteiger partial charge in [-0.05, 0) is 50.2 Å². The summed E-state index contributed by atoms with van der Waals surface area (Å²) >= 11 is 5.77. The third-order valence-electron chi connectivity index (χ3n) is 7.10. The normalized spacial score (nSPS) is 23.6. The van der Waals surface area contributed by atoms with Gasteiger partial charge in [0, 0.05) is 33.1 Å². The van der Waals surface area contributed by atoms with Gasteiger partial charge in [0.25, 0.3) is 0 Å². The van der Waals surface area contributed by atoms with E-state index in [2.05, 4.69) is 16.8 Å². The number of piperidine rings is 1. The number of hydrogen-bond donors (Lipinski definition) is 1. The maximum Gasteiger partial charge on any atom is 0.237 e. The minimum Gasteiger partial charge on any atom is -0.341 e. The van der Waals surface area contributed by atoms with Gasteiger partial charge in [0.05, 0.1) is 23.0 Å². The molecule has 2 aliphatic heterocycles. The summed E-state index contributed by atoms with van der Waals surface area (Å²) in [6, 6.07) is 5.99. The number of para-hydroxylation sites is 1. The Kier molecular flexibility index (Phi) is 7.45. The second-order valence-electron chi connectivity index (χ2n) is 9.82. The molecule has 3 heterocycles. The fourth-order valence-electron chi connectivity index (χ4n) is 5.42. The molecule has 2 saturated heterocycles. The zero-order valence-electron chi connectivity index (χ0n) is 20.2. The average Bonchev–Trinajstić information content (AvgIpc) is 2.99. The third kappa shape index (κ3) is 5.06. The summed E-state index contributed by atoms with van der Waals surface area (Å²) in [7, 11) is 0. The van der Waals surface area contributed by atoms with Crippen LogP contribution in [0.25, 0.3) is 11.0 Å². The number of carbonyl (C=O) groups excluding carboxylic acids is 3. The van der Waals surface area contributed by atoms with Crippen molar-refractivity contribution in [1.82, 2.24) is 19.4 Å². The van der Waals surface area contributed by atoms with Crippen LogP contribution in [-0.4, -0.2) is 69.1 Å². The number of benzene rings is 1. The molecule has 2 unspecified atom stereocenters. The zero-order chi connectivity index (χ0) is 24.4. The van der Waals surface area contributed by atoms with Gasteiger partial charge in [-0.15, -0.1) is 11.6 Å². The lowest BCUT2D eigenvalue weighted by Crippen LogP contribution is -2.47. The predicted molar refractivity (Wildman–Crippen MR) is 133 cm³/mol. The van der Waals surface area contributed by atoms with Crippen LogP contribution in [0.15, 0.2) is 18.2 Å². The molecule has 9 heteroatoms. The second-order valence-corrected chi connectivity index (χ2v) is 10.1. The lowest BCUT2D eigenvalue weighted by atomic mass is 9.90. The lowest BCUT2D eigenvalue weighted by molar-refractivity contribution is -0.133. The molecule has 0 aliphatic carbocycles. The molecule has 2 aliphatic rings. The van der Waals surface area contributed by atoms with Crippen LogP contribution in [0.3, 0.4) is 0 Å². The Morgan fingerprint density at radius 3 is 2.68 bits per heavy atom. The lowest BCUT2D eigenvalue weighted by Gasteiger charge is -2.35. The van der Waals surface area contributed by atoms with Gasteiger partial charge in [0.1, 0.15) is 5.88 Å². The van der Waals surface area contributed by atoms with Gasteiger partial charge in [-0.2, -0.15) is 0 Å². The first-order valence-electron chi connectivity index (χ1n) is 12.2. The molecule has 3 atom stereocenters. The van der Waals surface area contributed by atoms with Gasteiger partial charge in [0.15, 0.2) is 0 Å². The highest BCUT2D eigenvalue weighted by molar-refractivity contribution is 6.27.